The van der Waals surface area contributed by atoms with Crippen LogP contribution in [0.15, 0.2) is 27.8 Å². The third-order valence-electron chi connectivity index (χ3n) is 2.74. The van der Waals surface area contributed by atoms with E-state index in [1.54, 1.807) is 13.0 Å². The van der Waals surface area contributed by atoms with E-state index in [4.69, 9.17) is 4.74 Å². The van der Waals surface area contributed by atoms with Gasteiger partial charge in [-0.1, -0.05) is 15.9 Å². The van der Waals surface area contributed by atoms with Gasteiger partial charge in [-0.25, -0.2) is 5.43 Å². The summed E-state index contributed by atoms with van der Waals surface area (Å²) in [6, 6.07) is 5.54. The Kier molecular flexibility index (Phi) is 7.74. The number of nitrogens with one attached hydrogen (secondary N) is 2. The molecule has 0 unspecified atom stereocenters. The molecule has 0 heterocycles. The highest BCUT2D eigenvalue weighted by Crippen LogP contribution is 2.21. The molecule has 0 aromatic heterocycles. The molecule has 7 heteroatoms. The summed E-state index contributed by atoms with van der Waals surface area (Å²) in [4.78, 5) is 23.2. The second kappa shape index (κ2) is 9.29. The van der Waals surface area contributed by atoms with Gasteiger partial charge in [0.1, 0.15) is 5.75 Å². The molecule has 2 amide bonds. The van der Waals surface area contributed by atoms with Gasteiger partial charge in [-0.05, 0) is 51.5 Å². The Labute approximate surface area is 144 Å². The quantitative estimate of drug-likeness (QED) is 0.560. The molecular weight excluding hydrogens is 362 g/mol. The van der Waals surface area contributed by atoms with Crippen LogP contribution in [-0.2, 0) is 9.59 Å². The van der Waals surface area contributed by atoms with Crippen molar-refractivity contribution in [3.05, 3.63) is 28.2 Å². The van der Waals surface area contributed by atoms with Crippen LogP contribution >= 0.6 is 15.9 Å². The number of hydrogen-bond acceptors (Lipinski definition) is 4. The Morgan fingerprint density at radius 2 is 2.00 bits per heavy atom. The van der Waals surface area contributed by atoms with Crippen LogP contribution in [0.25, 0.3) is 0 Å². The predicted octanol–water partition coefficient (Wildman–Crippen LogP) is 2.54. The van der Waals surface area contributed by atoms with Crippen LogP contribution in [0.5, 0.6) is 5.75 Å². The zero-order valence-corrected chi connectivity index (χ0v) is 15.4. The molecule has 126 valence electrons. The molecule has 0 aliphatic carbocycles. The number of nitrogens with zero attached hydrogens (tertiary/aromatic N) is 1. The lowest BCUT2D eigenvalue weighted by molar-refractivity contribution is -0.123. The first-order chi connectivity index (χ1) is 10.8. The topological polar surface area (TPSA) is 79.8 Å². The molecule has 0 bridgehead atoms. The van der Waals surface area contributed by atoms with Crippen LogP contribution in [-0.4, -0.2) is 30.2 Å². The maximum atomic E-state index is 11.7. The number of amides is 2. The number of halogens is 1. The van der Waals surface area contributed by atoms with Gasteiger partial charge in [0, 0.05) is 16.2 Å². The highest BCUT2D eigenvalue weighted by molar-refractivity contribution is 9.10. The molecule has 1 aromatic carbocycles. The number of aryl methyl sites for hydroxylation is 1. The van der Waals surface area contributed by atoms with Gasteiger partial charge in [0.25, 0.3) is 5.91 Å². The van der Waals surface area contributed by atoms with E-state index in [0.717, 1.165) is 10.0 Å². The van der Waals surface area contributed by atoms with Crippen molar-refractivity contribution in [2.24, 2.45) is 5.10 Å². The van der Waals surface area contributed by atoms with Gasteiger partial charge < -0.3 is 10.1 Å². The van der Waals surface area contributed by atoms with Gasteiger partial charge in [-0.15, -0.1) is 0 Å². The number of hydrazone groups is 1. The van der Waals surface area contributed by atoms with E-state index in [0.29, 0.717) is 11.5 Å². The average molecular weight is 384 g/mol. The summed E-state index contributed by atoms with van der Waals surface area (Å²) in [5.41, 5.74) is 3.92. The van der Waals surface area contributed by atoms with Crippen molar-refractivity contribution in [1.82, 2.24) is 10.7 Å². The average Bonchev–Trinajstić information content (AvgIpc) is 2.45. The van der Waals surface area contributed by atoms with Crippen LogP contribution < -0.4 is 15.5 Å². The normalized spacial score (nSPS) is 11.3. The molecule has 1 rings (SSSR count). The molecule has 6 nitrogen and oxygen atoms in total. The molecule has 0 aliphatic rings. The molecular formula is C16H22BrN3O3. The van der Waals surface area contributed by atoms with Crippen LogP contribution in [0.4, 0.5) is 0 Å². The number of hydrogen-bond donors (Lipinski definition) is 2. The van der Waals surface area contributed by atoms with Gasteiger partial charge in [0.05, 0.1) is 6.42 Å². The molecule has 0 radical (unpaired) electrons. The largest absolute Gasteiger partial charge is 0.484 e. The monoisotopic (exact) mass is 383 g/mol. The fourth-order valence-corrected chi connectivity index (χ4v) is 1.94. The molecule has 23 heavy (non-hydrogen) atoms. The van der Waals surface area contributed by atoms with E-state index in [9.17, 15) is 9.59 Å². The SMILES string of the molecule is C/C(CC(=O)NC(C)C)=N/NC(=O)COc1ccc(Br)c(C)c1. The summed E-state index contributed by atoms with van der Waals surface area (Å²) in [5.74, 6) is 0.101. The van der Waals surface area contributed by atoms with Crippen molar-refractivity contribution in [1.29, 1.82) is 0 Å². The van der Waals surface area contributed by atoms with E-state index < -0.39 is 0 Å². The predicted molar refractivity (Wildman–Crippen MR) is 93.5 cm³/mol. The number of benzene rings is 1. The van der Waals surface area contributed by atoms with Crippen LogP contribution in [0.1, 0.15) is 32.8 Å². The Morgan fingerprint density at radius 3 is 2.61 bits per heavy atom. The second-order valence-electron chi connectivity index (χ2n) is 5.48. The van der Waals surface area contributed by atoms with Crippen molar-refractivity contribution in [2.45, 2.75) is 40.2 Å². The zero-order valence-electron chi connectivity index (χ0n) is 13.8. The highest BCUT2D eigenvalue weighted by atomic mass is 79.9. The zero-order chi connectivity index (χ0) is 17.4. The molecule has 0 aliphatic heterocycles. The maximum Gasteiger partial charge on any atom is 0.277 e. The van der Waals surface area contributed by atoms with Crippen molar-refractivity contribution in [2.75, 3.05) is 6.61 Å². The van der Waals surface area contributed by atoms with Crippen LogP contribution in [0, 0.1) is 6.92 Å². The number of carbonyl (C=O) groups excluding carboxylic acids is 2. The van der Waals surface area contributed by atoms with E-state index >= 15 is 0 Å². The Morgan fingerprint density at radius 1 is 1.30 bits per heavy atom. The fraction of sp³-hybridized carbons (Fsp3) is 0.438. The van der Waals surface area contributed by atoms with Crippen molar-refractivity contribution >= 4 is 33.5 Å². The first-order valence-corrected chi connectivity index (χ1v) is 8.07. The summed E-state index contributed by atoms with van der Waals surface area (Å²) in [5, 5.41) is 6.64. The molecule has 0 fully saturated rings. The van der Waals surface area contributed by atoms with E-state index in [1.165, 1.54) is 0 Å². The number of carbonyl (C=O) groups is 2. The van der Waals surface area contributed by atoms with Gasteiger partial charge in [-0.3, -0.25) is 9.59 Å². The smallest absolute Gasteiger partial charge is 0.277 e. The first-order valence-electron chi connectivity index (χ1n) is 7.28. The number of ether oxygens (including phenoxy) is 1. The van der Waals surface area contributed by atoms with Gasteiger partial charge in [0.2, 0.25) is 5.91 Å². The number of rotatable bonds is 7. The third kappa shape index (κ3) is 7.78. The summed E-state index contributed by atoms with van der Waals surface area (Å²) < 4.78 is 6.37. The third-order valence-corrected chi connectivity index (χ3v) is 3.63. The lowest BCUT2D eigenvalue weighted by Crippen LogP contribution is -2.32. The molecule has 0 saturated heterocycles. The summed E-state index contributed by atoms with van der Waals surface area (Å²) in [6.07, 6.45) is 0.144. The molecule has 0 atom stereocenters. The molecule has 0 spiro atoms. The lowest BCUT2D eigenvalue weighted by Gasteiger charge is -2.08. The van der Waals surface area contributed by atoms with E-state index in [2.05, 4.69) is 31.8 Å². The van der Waals surface area contributed by atoms with E-state index in [-0.39, 0.29) is 30.9 Å². The Bertz CT molecular complexity index is 600. The standard InChI is InChI=1S/C16H22BrN3O3/c1-10(2)18-15(21)8-12(4)19-20-16(22)9-23-13-5-6-14(17)11(3)7-13/h5-7,10H,8-9H2,1-4H3,(H,18,21)(H,20,22)/b19-12-. The highest BCUT2D eigenvalue weighted by Gasteiger charge is 2.07. The van der Waals surface area contributed by atoms with Crippen LogP contribution in [0.2, 0.25) is 0 Å². The fourth-order valence-electron chi connectivity index (χ4n) is 1.69. The Hall–Kier alpha value is -1.89. The Balaban J connectivity index is 2.39. The summed E-state index contributed by atoms with van der Waals surface area (Å²) >= 11 is 3.40. The van der Waals surface area contributed by atoms with Gasteiger partial charge >= 0.3 is 0 Å². The molecule has 1 aromatic rings. The minimum absolute atomic E-state index is 0.0765. The maximum absolute atomic E-state index is 11.7. The molecule has 0 saturated carbocycles. The minimum atomic E-state index is -0.380. The van der Waals surface area contributed by atoms with E-state index in [1.807, 2.05) is 32.9 Å². The van der Waals surface area contributed by atoms with Crippen molar-refractivity contribution in [3.8, 4) is 5.75 Å². The van der Waals surface area contributed by atoms with Crippen molar-refractivity contribution in [3.63, 3.8) is 0 Å². The lowest BCUT2D eigenvalue weighted by atomic mass is 10.2. The van der Waals surface area contributed by atoms with Crippen molar-refractivity contribution < 1.29 is 14.3 Å². The molecule has 2 N–H and O–H groups in total. The van der Waals surface area contributed by atoms with Crippen LogP contribution in [0.3, 0.4) is 0 Å². The first kappa shape index (κ1) is 19.2. The minimum Gasteiger partial charge on any atom is -0.484 e. The summed E-state index contributed by atoms with van der Waals surface area (Å²) in [6.45, 7) is 7.24. The van der Waals surface area contributed by atoms with Gasteiger partial charge in [-0.2, -0.15) is 5.10 Å². The summed E-state index contributed by atoms with van der Waals surface area (Å²) in [7, 11) is 0. The van der Waals surface area contributed by atoms with Gasteiger partial charge in [0.15, 0.2) is 6.61 Å². The second-order valence-corrected chi connectivity index (χ2v) is 6.34.